The summed E-state index contributed by atoms with van der Waals surface area (Å²) >= 11 is 0. The Labute approximate surface area is 176 Å². The molecule has 3 aliphatic heterocycles. The number of carbonyl (C=O) groups is 1. The lowest BCUT2D eigenvalue weighted by atomic mass is 10.1. The Morgan fingerprint density at radius 1 is 1.17 bits per heavy atom. The van der Waals surface area contributed by atoms with Crippen LogP contribution in [0.4, 0.5) is 16.3 Å². The molecule has 158 valence electrons. The zero-order valence-electron chi connectivity index (χ0n) is 17.2. The van der Waals surface area contributed by atoms with E-state index in [9.17, 15) is 4.79 Å². The van der Waals surface area contributed by atoms with Crippen molar-refractivity contribution in [2.45, 2.75) is 44.7 Å². The Kier molecular flexibility index (Phi) is 5.16. The van der Waals surface area contributed by atoms with E-state index in [0.717, 1.165) is 61.5 Å². The van der Waals surface area contributed by atoms with E-state index in [4.69, 9.17) is 19.4 Å². The summed E-state index contributed by atoms with van der Waals surface area (Å²) in [6.45, 7) is 4.67. The van der Waals surface area contributed by atoms with Crippen molar-refractivity contribution in [1.82, 2.24) is 15.3 Å². The van der Waals surface area contributed by atoms with Gasteiger partial charge in [0, 0.05) is 17.8 Å². The number of fused-ring (bicyclic) bond motifs is 3. The molecule has 2 amide bonds. The van der Waals surface area contributed by atoms with E-state index in [-0.39, 0.29) is 6.03 Å². The van der Waals surface area contributed by atoms with Gasteiger partial charge in [0.25, 0.3) is 0 Å². The van der Waals surface area contributed by atoms with Crippen LogP contribution in [0.2, 0.25) is 0 Å². The van der Waals surface area contributed by atoms with Crippen LogP contribution in [0.25, 0.3) is 11.4 Å². The molecule has 8 nitrogen and oxygen atoms in total. The van der Waals surface area contributed by atoms with Crippen LogP contribution in [-0.4, -0.2) is 54.4 Å². The Morgan fingerprint density at radius 2 is 1.93 bits per heavy atom. The molecule has 3 aliphatic rings. The summed E-state index contributed by atoms with van der Waals surface area (Å²) in [6.07, 6.45) is 4.21. The van der Waals surface area contributed by atoms with Gasteiger partial charge in [-0.25, -0.2) is 9.78 Å². The molecule has 2 fully saturated rings. The molecule has 4 heterocycles. The van der Waals surface area contributed by atoms with Gasteiger partial charge in [0.1, 0.15) is 5.82 Å². The normalized spacial score (nSPS) is 22.2. The number of anilines is 2. The molecule has 0 aliphatic carbocycles. The highest BCUT2D eigenvalue weighted by Gasteiger charge is 2.40. The third kappa shape index (κ3) is 3.56. The lowest BCUT2D eigenvalue weighted by molar-refractivity contribution is 0.0900. The van der Waals surface area contributed by atoms with Crippen LogP contribution >= 0.6 is 0 Å². The van der Waals surface area contributed by atoms with Gasteiger partial charge in [0.05, 0.1) is 37.5 Å². The molecule has 2 N–H and O–H groups in total. The van der Waals surface area contributed by atoms with E-state index in [2.05, 4.69) is 15.5 Å². The second kappa shape index (κ2) is 8.10. The fraction of sp³-hybridized carbons (Fsp3) is 0.500. The number of nitrogens with zero attached hydrogens (tertiary/aromatic N) is 3. The van der Waals surface area contributed by atoms with Gasteiger partial charge in [-0.15, -0.1) is 0 Å². The molecule has 2 atom stereocenters. The molecule has 2 aromatic rings. The molecule has 0 saturated carbocycles. The molecule has 8 heteroatoms. The maximum atomic E-state index is 11.7. The predicted molar refractivity (Wildman–Crippen MR) is 114 cm³/mol. The van der Waals surface area contributed by atoms with Crippen molar-refractivity contribution in [3.05, 3.63) is 29.8 Å². The van der Waals surface area contributed by atoms with Crippen molar-refractivity contribution in [3.63, 3.8) is 0 Å². The minimum absolute atomic E-state index is 0.214. The number of amides is 2. The molecule has 1 aromatic carbocycles. The number of morpholine rings is 1. The molecule has 0 unspecified atom stereocenters. The molecule has 5 rings (SSSR count). The minimum atomic E-state index is -0.214. The first-order valence-corrected chi connectivity index (χ1v) is 10.8. The Bertz CT molecular complexity index is 917. The number of hydrogen-bond acceptors (Lipinski definition) is 6. The highest BCUT2D eigenvalue weighted by Crippen LogP contribution is 2.40. The molecular weight excluding hydrogens is 382 g/mol. The summed E-state index contributed by atoms with van der Waals surface area (Å²) < 4.78 is 11.7. The van der Waals surface area contributed by atoms with Crippen molar-refractivity contribution >= 4 is 17.5 Å². The van der Waals surface area contributed by atoms with Crippen molar-refractivity contribution in [2.75, 3.05) is 36.6 Å². The number of rotatable bonds is 4. The average molecular weight is 409 g/mol. The van der Waals surface area contributed by atoms with E-state index >= 15 is 0 Å². The predicted octanol–water partition coefficient (Wildman–Crippen LogP) is 2.98. The standard InChI is InChI=1S/C22H27N5O3/c1-2-23-22(28)24-15-7-5-14(6-8-15)19-25-20(18-4-3-11-30-21(18)26-19)27-16-9-10-17(27)13-29-12-16/h5-8,16-17H,2-4,9-13H2,1H3,(H2,23,24,28)/t16-,17+. The molecule has 1 aromatic heterocycles. The van der Waals surface area contributed by atoms with Crippen molar-refractivity contribution in [2.24, 2.45) is 0 Å². The summed E-state index contributed by atoms with van der Waals surface area (Å²) in [6, 6.07) is 8.14. The van der Waals surface area contributed by atoms with Gasteiger partial charge in [-0.05, 0) is 56.9 Å². The van der Waals surface area contributed by atoms with Crippen LogP contribution in [0.1, 0.15) is 31.7 Å². The van der Waals surface area contributed by atoms with Crippen molar-refractivity contribution in [1.29, 1.82) is 0 Å². The quantitative estimate of drug-likeness (QED) is 0.807. The molecule has 2 bridgehead atoms. The topological polar surface area (TPSA) is 88.6 Å². The lowest BCUT2D eigenvalue weighted by Gasteiger charge is -2.37. The number of ether oxygens (including phenoxy) is 2. The summed E-state index contributed by atoms with van der Waals surface area (Å²) in [7, 11) is 0. The zero-order chi connectivity index (χ0) is 20.5. The lowest BCUT2D eigenvalue weighted by Crippen LogP contribution is -2.47. The maximum Gasteiger partial charge on any atom is 0.319 e. The number of nitrogens with one attached hydrogen (secondary N) is 2. The van der Waals surface area contributed by atoms with Crippen LogP contribution in [0.5, 0.6) is 5.88 Å². The number of urea groups is 1. The third-order valence-electron chi connectivity index (χ3n) is 5.98. The van der Waals surface area contributed by atoms with E-state index in [1.165, 1.54) is 0 Å². The van der Waals surface area contributed by atoms with Gasteiger partial charge in [-0.2, -0.15) is 4.98 Å². The summed E-state index contributed by atoms with van der Waals surface area (Å²) in [5, 5.41) is 5.54. The third-order valence-corrected chi connectivity index (χ3v) is 5.98. The molecule has 2 saturated heterocycles. The Balaban J connectivity index is 1.48. The molecule has 30 heavy (non-hydrogen) atoms. The van der Waals surface area contributed by atoms with Gasteiger partial charge in [-0.3, -0.25) is 0 Å². The first-order valence-electron chi connectivity index (χ1n) is 10.8. The van der Waals surface area contributed by atoms with E-state index in [0.29, 0.717) is 36.9 Å². The van der Waals surface area contributed by atoms with Crippen LogP contribution in [-0.2, 0) is 11.2 Å². The van der Waals surface area contributed by atoms with Crippen LogP contribution in [0.3, 0.4) is 0 Å². The summed E-state index contributed by atoms with van der Waals surface area (Å²) in [5.74, 6) is 2.37. The number of carbonyl (C=O) groups excluding carboxylic acids is 1. The van der Waals surface area contributed by atoms with Gasteiger partial charge < -0.3 is 25.0 Å². The summed E-state index contributed by atoms with van der Waals surface area (Å²) in [5.41, 5.74) is 2.75. The number of aromatic nitrogens is 2. The van der Waals surface area contributed by atoms with Gasteiger partial charge >= 0.3 is 6.03 Å². The zero-order valence-corrected chi connectivity index (χ0v) is 17.2. The summed E-state index contributed by atoms with van der Waals surface area (Å²) in [4.78, 5) is 23.9. The average Bonchev–Trinajstić information content (AvgIpc) is 3.01. The van der Waals surface area contributed by atoms with E-state index in [1.807, 2.05) is 31.2 Å². The first-order chi connectivity index (χ1) is 14.7. The molecule has 0 spiro atoms. The van der Waals surface area contributed by atoms with Crippen LogP contribution in [0, 0.1) is 0 Å². The van der Waals surface area contributed by atoms with Gasteiger partial charge in [0.15, 0.2) is 5.82 Å². The second-order valence-electron chi connectivity index (χ2n) is 8.00. The molecular formula is C22H27N5O3. The monoisotopic (exact) mass is 409 g/mol. The van der Waals surface area contributed by atoms with Crippen LogP contribution in [0.15, 0.2) is 24.3 Å². The molecule has 0 radical (unpaired) electrons. The maximum absolute atomic E-state index is 11.7. The SMILES string of the molecule is CCNC(=O)Nc1ccc(-c2nc3c(c(N4[C@@H]5CC[C@H]4COC5)n2)CCCO3)cc1. The fourth-order valence-corrected chi connectivity index (χ4v) is 4.56. The highest BCUT2D eigenvalue weighted by atomic mass is 16.5. The largest absolute Gasteiger partial charge is 0.477 e. The Morgan fingerprint density at radius 3 is 2.67 bits per heavy atom. The van der Waals surface area contributed by atoms with E-state index < -0.39 is 0 Å². The van der Waals surface area contributed by atoms with Crippen molar-refractivity contribution < 1.29 is 14.3 Å². The minimum Gasteiger partial charge on any atom is -0.477 e. The number of benzene rings is 1. The van der Waals surface area contributed by atoms with Gasteiger partial charge in [-0.1, -0.05) is 0 Å². The fourth-order valence-electron chi connectivity index (χ4n) is 4.56. The number of hydrogen-bond donors (Lipinski definition) is 2. The van der Waals surface area contributed by atoms with Crippen LogP contribution < -0.4 is 20.3 Å². The smallest absolute Gasteiger partial charge is 0.319 e. The van der Waals surface area contributed by atoms with E-state index in [1.54, 1.807) is 0 Å². The first kappa shape index (κ1) is 19.1. The Hall–Kier alpha value is -2.87. The van der Waals surface area contributed by atoms with Crippen molar-refractivity contribution in [3.8, 4) is 17.3 Å². The second-order valence-corrected chi connectivity index (χ2v) is 8.00. The highest BCUT2D eigenvalue weighted by molar-refractivity contribution is 5.89. The van der Waals surface area contributed by atoms with Gasteiger partial charge in [0.2, 0.25) is 5.88 Å².